The highest BCUT2D eigenvalue weighted by Crippen LogP contribution is 2.45. The summed E-state index contributed by atoms with van der Waals surface area (Å²) >= 11 is 0. The van der Waals surface area contributed by atoms with Crippen molar-refractivity contribution in [3.05, 3.63) is 138 Å². The molecule has 37 heavy (non-hydrogen) atoms. The third kappa shape index (κ3) is 6.64. The van der Waals surface area contributed by atoms with Crippen molar-refractivity contribution in [1.29, 1.82) is 0 Å². The zero-order chi connectivity index (χ0) is 25.9. The minimum absolute atomic E-state index is 0.0763. The third-order valence-corrected chi connectivity index (χ3v) is 6.26. The van der Waals surface area contributed by atoms with E-state index in [1.807, 2.05) is 103 Å². The lowest BCUT2D eigenvalue weighted by Gasteiger charge is -2.25. The minimum Gasteiger partial charge on any atom is -0.490 e. The maximum Gasteiger partial charge on any atom is 0.324 e. The van der Waals surface area contributed by atoms with E-state index in [1.165, 1.54) is 0 Å². The van der Waals surface area contributed by atoms with Gasteiger partial charge < -0.3 is 14.2 Å². The molecule has 0 amide bonds. The number of ether oxygens (including phenoxy) is 3. The predicted octanol–water partition coefficient (Wildman–Crippen LogP) is 6.37. The lowest BCUT2D eigenvalue weighted by Crippen LogP contribution is -2.40. The molecule has 3 aromatic carbocycles. The van der Waals surface area contributed by atoms with Gasteiger partial charge in [0.05, 0.1) is 0 Å². The van der Waals surface area contributed by atoms with Crippen molar-refractivity contribution < 1.29 is 23.8 Å². The summed E-state index contributed by atoms with van der Waals surface area (Å²) in [7, 11) is 0. The molecular formula is C32H30O5. The number of rotatable bonds is 11. The van der Waals surface area contributed by atoms with Crippen molar-refractivity contribution >= 4 is 11.9 Å². The molecule has 4 rings (SSSR count). The number of esters is 2. The molecular weight excluding hydrogens is 464 g/mol. The van der Waals surface area contributed by atoms with E-state index in [9.17, 15) is 9.59 Å². The normalized spacial score (nSPS) is 14.4. The monoisotopic (exact) mass is 494 g/mol. The lowest BCUT2D eigenvalue weighted by atomic mass is 9.83. The molecule has 0 N–H and O–H groups in total. The van der Waals surface area contributed by atoms with E-state index in [1.54, 1.807) is 6.08 Å². The molecule has 0 spiro atoms. The number of carbonyl (C=O) groups is 2. The highest BCUT2D eigenvalue weighted by atomic mass is 16.6. The van der Waals surface area contributed by atoms with Crippen LogP contribution < -0.4 is 4.74 Å². The van der Waals surface area contributed by atoms with Crippen LogP contribution in [0.1, 0.15) is 24.0 Å². The van der Waals surface area contributed by atoms with Crippen molar-refractivity contribution in [2.24, 2.45) is 5.41 Å². The van der Waals surface area contributed by atoms with Crippen molar-refractivity contribution in [3.63, 3.8) is 0 Å². The van der Waals surface area contributed by atoms with Crippen LogP contribution in [-0.4, -0.2) is 18.5 Å². The second kappa shape index (κ2) is 12.5. The summed E-state index contributed by atoms with van der Waals surface area (Å²) in [6, 6.07) is 28.3. The first-order chi connectivity index (χ1) is 18.1. The Kier molecular flexibility index (Phi) is 8.71. The number of allylic oxidation sites excluding steroid dienone is 4. The van der Waals surface area contributed by atoms with Crippen LogP contribution in [0.3, 0.4) is 0 Å². The summed E-state index contributed by atoms with van der Waals surface area (Å²) in [5.41, 5.74) is 1.85. The largest absolute Gasteiger partial charge is 0.490 e. The highest BCUT2D eigenvalue weighted by molar-refractivity contribution is 6.01. The Morgan fingerprint density at radius 3 is 1.73 bits per heavy atom. The van der Waals surface area contributed by atoms with E-state index in [4.69, 9.17) is 14.2 Å². The fourth-order valence-electron chi connectivity index (χ4n) is 4.25. The Labute approximate surface area is 217 Å². The topological polar surface area (TPSA) is 61.8 Å². The van der Waals surface area contributed by atoms with Gasteiger partial charge in [0.1, 0.15) is 25.6 Å². The molecule has 0 bridgehead atoms. The van der Waals surface area contributed by atoms with E-state index in [0.29, 0.717) is 6.61 Å². The number of para-hydroxylation sites is 1. The lowest BCUT2D eigenvalue weighted by molar-refractivity contribution is -0.173. The molecule has 0 heterocycles. The van der Waals surface area contributed by atoms with Gasteiger partial charge in [-0.1, -0.05) is 97.6 Å². The number of hydrogen-bond donors (Lipinski definition) is 0. The first-order valence-corrected chi connectivity index (χ1v) is 12.2. The highest BCUT2D eigenvalue weighted by Gasteiger charge is 2.53. The molecule has 0 saturated carbocycles. The standard InChI is InChI=1S/C32H30O5/c1-2-27-21-32(30(33)36-23-25-13-6-3-7-14-25,31(34)37-24-26-15-8-4-9-16-26)22-28(27)17-12-20-35-29-18-10-5-11-19-29/h2-19H,1,20-24H2/b17-12+. The van der Waals surface area contributed by atoms with E-state index in [2.05, 4.69) is 6.58 Å². The van der Waals surface area contributed by atoms with Crippen LogP contribution in [0, 0.1) is 5.41 Å². The summed E-state index contributed by atoms with van der Waals surface area (Å²) in [6.45, 7) is 4.41. The molecule has 0 atom stereocenters. The Morgan fingerprint density at radius 2 is 1.22 bits per heavy atom. The molecule has 0 aliphatic heterocycles. The zero-order valence-electron chi connectivity index (χ0n) is 20.7. The Hall–Kier alpha value is -4.38. The minimum atomic E-state index is -1.48. The molecule has 5 nitrogen and oxygen atoms in total. The zero-order valence-corrected chi connectivity index (χ0v) is 20.7. The Balaban J connectivity index is 1.49. The smallest absolute Gasteiger partial charge is 0.324 e. The van der Waals surface area contributed by atoms with Crippen LogP contribution in [-0.2, 0) is 32.3 Å². The quantitative estimate of drug-likeness (QED) is 0.229. The predicted molar refractivity (Wildman–Crippen MR) is 142 cm³/mol. The van der Waals surface area contributed by atoms with Gasteiger partial charge in [-0.15, -0.1) is 0 Å². The van der Waals surface area contributed by atoms with E-state index in [0.717, 1.165) is 28.0 Å². The third-order valence-electron chi connectivity index (χ3n) is 6.26. The average molecular weight is 495 g/mol. The summed E-state index contributed by atoms with van der Waals surface area (Å²) in [4.78, 5) is 27.0. The van der Waals surface area contributed by atoms with Crippen LogP contribution >= 0.6 is 0 Å². The van der Waals surface area contributed by atoms with Crippen molar-refractivity contribution in [2.75, 3.05) is 6.61 Å². The molecule has 0 unspecified atom stereocenters. The van der Waals surface area contributed by atoms with Crippen molar-refractivity contribution in [1.82, 2.24) is 0 Å². The molecule has 0 saturated heterocycles. The molecule has 5 heteroatoms. The molecule has 1 aliphatic rings. The molecule has 0 radical (unpaired) electrons. The molecule has 188 valence electrons. The maximum absolute atomic E-state index is 13.5. The molecule has 0 fully saturated rings. The Morgan fingerprint density at radius 1 is 0.730 bits per heavy atom. The fourth-order valence-corrected chi connectivity index (χ4v) is 4.25. The Bertz CT molecular complexity index is 1200. The number of benzene rings is 3. The molecule has 0 aromatic heterocycles. The van der Waals surface area contributed by atoms with Gasteiger partial charge >= 0.3 is 11.9 Å². The van der Waals surface area contributed by atoms with Gasteiger partial charge in [-0.3, -0.25) is 9.59 Å². The molecule has 3 aromatic rings. The summed E-state index contributed by atoms with van der Waals surface area (Å²) in [6.07, 6.45) is 5.77. The first-order valence-electron chi connectivity index (χ1n) is 12.2. The van der Waals surface area contributed by atoms with Gasteiger partial charge in [-0.25, -0.2) is 0 Å². The average Bonchev–Trinajstić information content (AvgIpc) is 3.34. The SMILES string of the molecule is C=CC1=C(/C=C/COc2ccccc2)CC(C(=O)OCc2ccccc2)(C(=O)OCc2ccccc2)C1. The molecule has 1 aliphatic carbocycles. The summed E-state index contributed by atoms with van der Waals surface area (Å²) in [5.74, 6) is -0.435. The van der Waals surface area contributed by atoms with E-state index in [-0.39, 0.29) is 26.1 Å². The van der Waals surface area contributed by atoms with Crippen LogP contribution in [0.5, 0.6) is 5.75 Å². The van der Waals surface area contributed by atoms with Gasteiger partial charge in [0, 0.05) is 0 Å². The van der Waals surface area contributed by atoms with E-state index >= 15 is 0 Å². The first kappa shape index (κ1) is 25.7. The van der Waals surface area contributed by atoms with Crippen molar-refractivity contribution in [2.45, 2.75) is 26.1 Å². The summed E-state index contributed by atoms with van der Waals surface area (Å²) < 4.78 is 17.1. The van der Waals surface area contributed by atoms with Crippen LogP contribution in [0.15, 0.2) is 127 Å². The number of carbonyl (C=O) groups excluding carboxylic acids is 2. The second-order valence-electron chi connectivity index (χ2n) is 8.84. The van der Waals surface area contributed by atoms with Gasteiger partial charge in [0.15, 0.2) is 5.41 Å². The van der Waals surface area contributed by atoms with Crippen LogP contribution in [0.25, 0.3) is 0 Å². The fraction of sp³-hybridized carbons (Fsp3) is 0.188. The van der Waals surface area contributed by atoms with Crippen LogP contribution in [0.2, 0.25) is 0 Å². The van der Waals surface area contributed by atoms with Gasteiger partial charge in [-0.05, 0) is 53.3 Å². The maximum atomic E-state index is 13.5. The van der Waals surface area contributed by atoms with Crippen LogP contribution in [0.4, 0.5) is 0 Å². The second-order valence-corrected chi connectivity index (χ2v) is 8.84. The van der Waals surface area contributed by atoms with Crippen molar-refractivity contribution in [3.8, 4) is 5.75 Å². The van der Waals surface area contributed by atoms with Gasteiger partial charge in [0.2, 0.25) is 0 Å². The summed E-state index contributed by atoms with van der Waals surface area (Å²) in [5, 5.41) is 0. The van der Waals surface area contributed by atoms with Gasteiger partial charge in [-0.2, -0.15) is 0 Å². The van der Waals surface area contributed by atoms with Gasteiger partial charge in [0.25, 0.3) is 0 Å². The number of hydrogen-bond acceptors (Lipinski definition) is 5. The van der Waals surface area contributed by atoms with E-state index < -0.39 is 17.4 Å².